The van der Waals surface area contributed by atoms with Gasteiger partial charge < -0.3 is 14.8 Å². The third-order valence-electron chi connectivity index (χ3n) is 5.84. The summed E-state index contributed by atoms with van der Waals surface area (Å²) in [5.74, 6) is 0.229. The zero-order valence-electron chi connectivity index (χ0n) is 17.3. The van der Waals surface area contributed by atoms with E-state index in [-0.39, 0.29) is 41.6 Å². The number of esters is 1. The molecule has 1 saturated heterocycles. The number of carbonyl (C=O) groups is 2. The molecule has 0 aromatic carbocycles. The lowest BCUT2D eigenvalue weighted by atomic mass is 9.79. The molecule has 2 aliphatic rings. The zero-order valence-corrected chi connectivity index (χ0v) is 18.8. The van der Waals surface area contributed by atoms with Gasteiger partial charge in [0.1, 0.15) is 6.10 Å². The van der Waals surface area contributed by atoms with Crippen molar-refractivity contribution in [1.82, 2.24) is 5.32 Å². The molecular weight excluding hydrogens is 410 g/mol. The molecule has 6 heteroatoms. The molecule has 1 unspecified atom stereocenters. The first-order valence-electron chi connectivity index (χ1n) is 10.4. The number of halogens is 1. The molecular formula is C21H36BrNO4. The maximum Gasteiger partial charge on any atom is 0.302 e. The minimum Gasteiger partial charge on any atom is -0.462 e. The highest BCUT2D eigenvalue weighted by atomic mass is 79.9. The molecule has 2 rings (SSSR count). The van der Waals surface area contributed by atoms with Crippen molar-refractivity contribution in [1.29, 1.82) is 0 Å². The first-order chi connectivity index (χ1) is 12.7. The van der Waals surface area contributed by atoms with Gasteiger partial charge in [0.25, 0.3) is 0 Å². The molecule has 0 bridgehead atoms. The number of nitrogens with one attached hydrogen (secondary N) is 1. The summed E-state index contributed by atoms with van der Waals surface area (Å²) < 4.78 is 12.2. The Kier molecular flexibility index (Phi) is 8.60. The van der Waals surface area contributed by atoms with Crippen LogP contribution in [0.15, 0.2) is 0 Å². The lowest BCUT2D eigenvalue weighted by molar-refractivity contribution is -0.158. The van der Waals surface area contributed by atoms with Gasteiger partial charge in [-0.1, -0.05) is 56.0 Å². The van der Waals surface area contributed by atoms with Crippen molar-refractivity contribution >= 4 is 27.8 Å². The molecule has 0 radical (unpaired) electrons. The fraction of sp³-hybridized carbons (Fsp3) is 0.905. The monoisotopic (exact) mass is 445 g/mol. The highest BCUT2D eigenvalue weighted by Crippen LogP contribution is 2.36. The van der Waals surface area contributed by atoms with Crippen molar-refractivity contribution in [2.24, 2.45) is 11.3 Å². The van der Waals surface area contributed by atoms with E-state index in [9.17, 15) is 9.59 Å². The molecule has 0 spiro atoms. The Morgan fingerprint density at radius 3 is 2.41 bits per heavy atom. The van der Waals surface area contributed by atoms with E-state index >= 15 is 0 Å². The first kappa shape index (κ1) is 22.7. The number of carbonyl (C=O) groups excluding carboxylic acids is 2. The molecule has 1 saturated carbocycles. The number of rotatable bonds is 6. The summed E-state index contributed by atoms with van der Waals surface area (Å²) in [6, 6.07) is 0.0994. The fourth-order valence-corrected chi connectivity index (χ4v) is 4.59. The van der Waals surface area contributed by atoms with Gasteiger partial charge in [-0.05, 0) is 37.0 Å². The SMILES string of the molecule is CC(=O)O[C@H](C[C@@H]1CC(NC(=O)CBr)C[C@H](C(C)(C)C)O1)C1CCCCC1. The second-order valence-corrected chi connectivity index (χ2v) is 9.82. The quantitative estimate of drug-likeness (QED) is 0.486. The zero-order chi connectivity index (χ0) is 20.0. The second kappa shape index (κ2) is 10.2. The summed E-state index contributed by atoms with van der Waals surface area (Å²) in [6.45, 7) is 8.02. The minimum absolute atomic E-state index is 0.00216. The van der Waals surface area contributed by atoms with E-state index < -0.39 is 0 Å². The van der Waals surface area contributed by atoms with Crippen LogP contribution in [0.5, 0.6) is 0 Å². The maximum absolute atomic E-state index is 11.9. The molecule has 2 fully saturated rings. The van der Waals surface area contributed by atoms with Crippen molar-refractivity contribution < 1.29 is 19.1 Å². The highest BCUT2D eigenvalue weighted by molar-refractivity contribution is 9.09. The van der Waals surface area contributed by atoms with Gasteiger partial charge in [0.15, 0.2) is 0 Å². The van der Waals surface area contributed by atoms with Crippen LogP contribution in [0, 0.1) is 11.3 Å². The van der Waals surface area contributed by atoms with Crippen LogP contribution in [0.3, 0.4) is 0 Å². The largest absolute Gasteiger partial charge is 0.462 e. The topological polar surface area (TPSA) is 64.6 Å². The van der Waals surface area contributed by atoms with Crippen LogP contribution in [0.2, 0.25) is 0 Å². The fourth-order valence-electron chi connectivity index (χ4n) is 4.42. The molecule has 0 aromatic rings. The second-order valence-electron chi connectivity index (χ2n) is 9.26. The van der Waals surface area contributed by atoms with Gasteiger partial charge in [0.2, 0.25) is 5.91 Å². The molecule has 27 heavy (non-hydrogen) atoms. The van der Waals surface area contributed by atoms with Gasteiger partial charge in [0.05, 0.1) is 17.5 Å². The van der Waals surface area contributed by atoms with Crippen molar-refractivity contribution in [2.75, 3.05) is 5.33 Å². The number of hydrogen-bond acceptors (Lipinski definition) is 4. The number of ether oxygens (including phenoxy) is 2. The summed E-state index contributed by atoms with van der Waals surface area (Å²) >= 11 is 3.23. The summed E-state index contributed by atoms with van der Waals surface area (Å²) in [4.78, 5) is 23.6. The van der Waals surface area contributed by atoms with Gasteiger partial charge in [-0.15, -0.1) is 0 Å². The molecule has 156 valence electrons. The van der Waals surface area contributed by atoms with E-state index in [1.165, 1.54) is 26.2 Å². The average molecular weight is 446 g/mol. The Labute approximate surface area is 172 Å². The third-order valence-corrected chi connectivity index (χ3v) is 6.35. The average Bonchev–Trinajstić information content (AvgIpc) is 2.60. The van der Waals surface area contributed by atoms with Gasteiger partial charge in [-0.2, -0.15) is 0 Å². The molecule has 5 nitrogen and oxygen atoms in total. The van der Waals surface area contributed by atoms with Crippen LogP contribution in [0.4, 0.5) is 0 Å². The van der Waals surface area contributed by atoms with Gasteiger partial charge in [-0.3, -0.25) is 9.59 Å². The molecule has 1 aliphatic carbocycles. The van der Waals surface area contributed by atoms with E-state index in [1.807, 2.05) is 0 Å². The predicted molar refractivity (Wildman–Crippen MR) is 110 cm³/mol. The van der Waals surface area contributed by atoms with Crippen molar-refractivity contribution in [3.05, 3.63) is 0 Å². The minimum atomic E-state index is -0.210. The van der Waals surface area contributed by atoms with Gasteiger partial charge in [0, 0.05) is 19.4 Å². The normalized spacial score (nSPS) is 28.4. The van der Waals surface area contributed by atoms with Crippen molar-refractivity contribution in [3.8, 4) is 0 Å². The van der Waals surface area contributed by atoms with E-state index in [2.05, 4.69) is 42.0 Å². The van der Waals surface area contributed by atoms with Crippen molar-refractivity contribution in [3.63, 3.8) is 0 Å². The Morgan fingerprint density at radius 1 is 1.19 bits per heavy atom. The molecule has 4 atom stereocenters. The first-order valence-corrected chi connectivity index (χ1v) is 11.5. The molecule has 1 amide bonds. The van der Waals surface area contributed by atoms with Crippen LogP contribution in [0.25, 0.3) is 0 Å². The smallest absolute Gasteiger partial charge is 0.302 e. The Hall–Kier alpha value is -0.620. The van der Waals surface area contributed by atoms with Gasteiger partial charge in [-0.25, -0.2) is 0 Å². The van der Waals surface area contributed by atoms with Crippen LogP contribution >= 0.6 is 15.9 Å². The number of hydrogen-bond donors (Lipinski definition) is 1. The number of amides is 1. The third kappa shape index (κ3) is 7.37. The maximum atomic E-state index is 11.9. The van der Waals surface area contributed by atoms with E-state index in [0.29, 0.717) is 11.2 Å². The Bertz CT molecular complexity index is 499. The summed E-state index contributed by atoms with van der Waals surface area (Å²) in [6.07, 6.45) is 8.23. The molecule has 0 aromatic heterocycles. The lowest BCUT2D eigenvalue weighted by Gasteiger charge is -2.43. The summed E-state index contributed by atoms with van der Waals surface area (Å²) in [7, 11) is 0. The molecule has 1 aliphatic heterocycles. The number of alkyl halides is 1. The van der Waals surface area contributed by atoms with E-state index in [4.69, 9.17) is 9.47 Å². The predicted octanol–water partition coefficient (Wildman–Crippen LogP) is 4.36. The highest BCUT2D eigenvalue weighted by Gasteiger charge is 2.39. The van der Waals surface area contributed by atoms with Crippen molar-refractivity contribution in [2.45, 2.75) is 103 Å². The van der Waals surface area contributed by atoms with E-state index in [1.54, 1.807) is 0 Å². The standard InChI is InChI=1S/C21H36BrNO4/c1-14(24)26-18(15-8-6-5-7-9-15)12-17-10-16(23-20(25)13-22)11-19(27-17)21(2,3)4/h15-19H,5-13H2,1-4H3,(H,23,25)/t16?,17-,18+,19+/m0/s1. The van der Waals surface area contributed by atoms with Crippen LogP contribution in [0.1, 0.15) is 79.1 Å². The van der Waals surface area contributed by atoms with Crippen LogP contribution in [-0.4, -0.2) is 41.6 Å². The molecule has 1 heterocycles. The lowest BCUT2D eigenvalue weighted by Crippen LogP contribution is -2.50. The van der Waals surface area contributed by atoms with Crippen LogP contribution in [-0.2, 0) is 19.1 Å². The van der Waals surface area contributed by atoms with Gasteiger partial charge >= 0.3 is 5.97 Å². The Morgan fingerprint density at radius 2 is 1.85 bits per heavy atom. The molecule has 1 N–H and O–H groups in total. The summed E-state index contributed by atoms with van der Waals surface area (Å²) in [5.41, 5.74) is -0.00216. The van der Waals surface area contributed by atoms with E-state index in [0.717, 1.165) is 32.1 Å². The summed E-state index contributed by atoms with van der Waals surface area (Å²) in [5, 5.41) is 3.43. The van der Waals surface area contributed by atoms with Crippen LogP contribution < -0.4 is 5.32 Å². The Balaban J connectivity index is 2.08.